The van der Waals surface area contributed by atoms with Crippen molar-refractivity contribution < 1.29 is 4.79 Å². The first-order chi connectivity index (χ1) is 4.70. The van der Waals surface area contributed by atoms with E-state index in [1.54, 1.807) is 0 Å². The summed E-state index contributed by atoms with van der Waals surface area (Å²) in [5, 5.41) is 4.06. The van der Waals surface area contributed by atoms with Crippen LogP contribution in [0.3, 0.4) is 0 Å². The minimum Gasteiger partial charge on any atom is -0.388 e. The fourth-order valence-corrected chi connectivity index (χ4v) is 0.949. The fourth-order valence-electron chi connectivity index (χ4n) is 0.503. The van der Waals surface area contributed by atoms with Crippen molar-refractivity contribution in [2.45, 2.75) is 6.42 Å². The van der Waals surface area contributed by atoms with E-state index < -0.39 is 5.91 Å². The van der Waals surface area contributed by atoms with E-state index in [0.717, 1.165) is 11.5 Å². The number of primary amides is 1. The molecular formula is C4H6N4OS. The summed E-state index contributed by atoms with van der Waals surface area (Å²) in [6.07, 6.45) is 0.0718. The zero-order valence-electron chi connectivity index (χ0n) is 5.07. The molecule has 1 aromatic rings. The van der Waals surface area contributed by atoms with Crippen molar-refractivity contribution in [1.82, 2.24) is 9.59 Å². The maximum atomic E-state index is 10.3. The number of amides is 1. The Balaban J connectivity index is 2.74. The topological polar surface area (TPSA) is 94.9 Å². The van der Waals surface area contributed by atoms with Crippen LogP contribution < -0.4 is 11.5 Å². The van der Waals surface area contributed by atoms with Crippen molar-refractivity contribution in [3.05, 3.63) is 5.69 Å². The first kappa shape index (κ1) is 6.94. The standard InChI is InChI=1S/C4H6N4OS/c5-3(9)1-2-4(6)10-8-7-2/h1,6H2,(H2,5,9). The van der Waals surface area contributed by atoms with E-state index in [2.05, 4.69) is 9.59 Å². The predicted molar refractivity (Wildman–Crippen MR) is 37.2 cm³/mol. The van der Waals surface area contributed by atoms with Gasteiger partial charge in [-0.05, 0) is 0 Å². The lowest BCUT2D eigenvalue weighted by Crippen LogP contribution is -2.14. The summed E-state index contributed by atoms with van der Waals surface area (Å²) < 4.78 is 3.53. The van der Waals surface area contributed by atoms with E-state index in [1.165, 1.54) is 0 Å². The molecule has 0 bridgehead atoms. The van der Waals surface area contributed by atoms with E-state index in [9.17, 15) is 4.79 Å². The number of nitrogen functional groups attached to an aromatic ring is 1. The molecule has 0 saturated heterocycles. The number of nitrogens with zero attached hydrogens (tertiary/aromatic N) is 2. The Morgan fingerprint density at radius 1 is 1.70 bits per heavy atom. The van der Waals surface area contributed by atoms with E-state index >= 15 is 0 Å². The molecule has 0 saturated carbocycles. The van der Waals surface area contributed by atoms with Crippen molar-refractivity contribution in [1.29, 1.82) is 0 Å². The summed E-state index contributed by atoms with van der Waals surface area (Å²) in [5.74, 6) is -0.445. The molecule has 0 atom stereocenters. The monoisotopic (exact) mass is 158 g/mol. The summed E-state index contributed by atoms with van der Waals surface area (Å²) >= 11 is 1.06. The number of hydrogen-bond acceptors (Lipinski definition) is 5. The fraction of sp³-hybridized carbons (Fsp3) is 0.250. The number of carbonyl (C=O) groups excluding carboxylic acids is 1. The molecule has 0 spiro atoms. The van der Waals surface area contributed by atoms with Crippen molar-refractivity contribution in [2.24, 2.45) is 5.73 Å². The predicted octanol–water partition coefficient (Wildman–Crippen LogP) is -0.852. The highest BCUT2D eigenvalue weighted by Gasteiger charge is 2.05. The molecule has 0 aliphatic carbocycles. The lowest BCUT2D eigenvalue weighted by atomic mass is 10.3. The SMILES string of the molecule is NC(=O)Cc1nnsc1N. The number of hydrogen-bond donors (Lipinski definition) is 2. The van der Waals surface area contributed by atoms with Crippen molar-refractivity contribution in [2.75, 3.05) is 5.73 Å². The third kappa shape index (κ3) is 1.41. The Hall–Kier alpha value is -1.17. The summed E-state index contributed by atoms with van der Waals surface area (Å²) in [6.45, 7) is 0. The Morgan fingerprint density at radius 2 is 2.40 bits per heavy atom. The van der Waals surface area contributed by atoms with Crippen LogP contribution in [0.2, 0.25) is 0 Å². The van der Waals surface area contributed by atoms with Crippen LogP contribution in [0.25, 0.3) is 0 Å². The van der Waals surface area contributed by atoms with Crippen LogP contribution in [-0.4, -0.2) is 15.5 Å². The minimum atomic E-state index is -0.445. The normalized spacial score (nSPS) is 9.60. The Bertz CT molecular complexity index is 245. The number of anilines is 1. The van der Waals surface area contributed by atoms with Crippen molar-refractivity contribution >= 4 is 22.4 Å². The number of carbonyl (C=O) groups is 1. The highest BCUT2D eigenvalue weighted by atomic mass is 32.1. The number of rotatable bonds is 2. The highest BCUT2D eigenvalue weighted by molar-refractivity contribution is 7.09. The molecule has 6 heteroatoms. The summed E-state index contributed by atoms with van der Waals surface area (Å²) in [5.41, 5.74) is 10.7. The molecular weight excluding hydrogens is 152 g/mol. The van der Waals surface area contributed by atoms with E-state index in [1.807, 2.05) is 0 Å². The van der Waals surface area contributed by atoms with Gasteiger partial charge in [0.25, 0.3) is 0 Å². The van der Waals surface area contributed by atoms with Gasteiger partial charge < -0.3 is 11.5 Å². The van der Waals surface area contributed by atoms with Gasteiger partial charge in [-0.15, -0.1) is 5.10 Å². The summed E-state index contributed by atoms with van der Waals surface area (Å²) in [4.78, 5) is 10.3. The molecule has 5 nitrogen and oxygen atoms in total. The van der Waals surface area contributed by atoms with Crippen LogP contribution >= 0.6 is 11.5 Å². The van der Waals surface area contributed by atoms with Crippen LogP contribution in [0.1, 0.15) is 5.69 Å². The van der Waals surface area contributed by atoms with Gasteiger partial charge in [-0.1, -0.05) is 4.49 Å². The summed E-state index contributed by atoms with van der Waals surface area (Å²) in [6, 6.07) is 0. The molecule has 10 heavy (non-hydrogen) atoms. The smallest absolute Gasteiger partial charge is 0.223 e. The van der Waals surface area contributed by atoms with Gasteiger partial charge in [0, 0.05) is 11.5 Å². The quantitative estimate of drug-likeness (QED) is 0.586. The Labute approximate surface area is 61.2 Å². The molecule has 1 amide bonds. The van der Waals surface area contributed by atoms with Crippen LogP contribution in [0.5, 0.6) is 0 Å². The van der Waals surface area contributed by atoms with Crippen LogP contribution in [0, 0.1) is 0 Å². The molecule has 0 aliphatic rings. The minimum absolute atomic E-state index is 0.0718. The zero-order valence-corrected chi connectivity index (χ0v) is 5.89. The second-order valence-corrected chi connectivity index (χ2v) is 2.51. The highest BCUT2D eigenvalue weighted by Crippen LogP contribution is 2.11. The third-order valence-corrected chi connectivity index (χ3v) is 1.52. The third-order valence-electron chi connectivity index (χ3n) is 0.927. The molecule has 4 N–H and O–H groups in total. The van der Waals surface area contributed by atoms with E-state index in [0.29, 0.717) is 10.7 Å². The molecule has 1 heterocycles. The second-order valence-electron chi connectivity index (χ2n) is 1.73. The van der Waals surface area contributed by atoms with Crippen molar-refractivity contribution in [3.63, 3.8) is 0 Å². The lowest BCUT2D eigenvalue weighted by molar-refractivity contribution is -0.117. The van der Waals surface area contributed by atoms with E-state index in [-0.39, 0.29) is 6.42 Å². The number of nitrogens with two attached hydrogens (primary N) is 2. The van der Waals surface area contributed by atoms with Crippen molar-refractivity contribution in [3.8, 4) is 0 Å². The average molecular weight is 158 g/mol. The molecule has 1 rings (SSSR count). The molecule has 0 aromatic carbocycles. The van der Waals surface area contributed by atoms with Gasteiger partial charge in [-0.25, -0.2) is 0 Å². The lowest BCUT2D eigenvalue weighted by Gasteiger charge is -1.88. The van der Waals surface area contributed by atoms with Gasteiger partial charge in [-0.3, -0.25) is 4.79 Å². The summed E-state index contributed by atoms with van der Waals surface area (Å²) in [7, 11) is 0. The van der Waals surface area contributed by atoms with Gasteiger partial charge in [0.2, 0.25) is 5.91 Å². The van der Waals surface area contributed by atoms with Crippen LogP contribution in [0.15, 0.2) is 0 Å². The molecule has 0 fully saturated rings. The largest absolute Gasteiger partial charge is 0.388 e. The van der Waals surface area contributed by atoms with Gasteiger partial charge in [-0.2, -0.15) is 0 Å². The molecule has 0 radical (unpaired) electrons. The van der Waals surface area contributed by atoms with E-state index in [4.69, 9.17) is 11.5 Å². The number of aromatic nitrogens is 2. The molecule has 54 valence electrons. The van der Waals surface area contributed by atoms with Crippen LogP contribution in [0.4, 0.5) is 5.00 Å². The molecule has 0 aliphatic heterocycles. The van der Waals surface area contributed by atoms with Gasteiger partial charge in [0.1, 0.15) is 10.7 Å². The molecule has 1 aromatic heterocycles. The molecule has 0 unspecified atom stereocenters. The van der Waals surface area contributed by atoms with Gasteiger partial charge in [0.05, 0.1) is 6.42 Å². The average Bonchev–Trinajstić information content (AvgIpc) is 2.15. The first-order valence-corrected chi connectivity index (χ1v) is 3.32. The van der Waals surface area contributed by atoms with Gasteiger partial charge in [0.15, 0.2) is 0 Å². The van der Waals surface area contributed by atoms with Crippen LogP contribution in [-0.2, 0) is 11.2 Å². The second kappa shape index (κ2) is 2.61. The first-order valence-electron chi connectivity index (χ1n) is 2.55. The maximum absolute atomic E-state index is 10.3. The Kier molecular flexibility index (Phi) is 1.81. The Morgan fingerprint density at radius 3 is 2.80 bits per heavy atom. The maximum Gasteiger partial charge on any atom is 0.223 e. The van der Waals surface area contributed by atoms with Gasteiger partial charge >= 0.3 is 0 Å². The zero-order chi connectivity index (χ0) is 7.56.